The average Bonchev–Trinajstić information content (AvgIpc) is 2.02. The minimum absolute atomic E-state index is 0.155. The normalized spacial score (nSPS) is 15.3. The second-order valence-electron chi connectivity index (χ2n) is 3.21. The SMILES string of the molecule is C=N/C(=C(Cl)\C(=C/C)C(F)(F)F)C(C)C. The van der Waals surface area contributed by atoms with Gasteiger partial charge in [-0.15, -0.1) is 0 Å². The summed E-state index contributed by atoms with van der Waals surface area (Å²) < 4.78 is 37.4. The van der Waals surface area contributed by atoms with Crippen LogP contribution >= 0.6 is 11.6 Å². The molecule has 1 nitrogen and oxygen atoms in total. The van der Waals surface area contributed by atoms with Gasteiger partial charge in [-0.25, -0.2) is 0 Å². The van der Waals surface area contributed by atoms with Gasteiger partial charge in [0, 0.05) is 0 Å². The smallest absolute Gasteiger partial charge is 0.267 e. The molecule has 86 valence electrons. The molecule has 0 aliphatic rings. The van der Waals surface area contributed by atoms with Crippen molar-refractivity contribution in [3.63, 3.8) is 0 Å². The van der Waals surface area contributed by atoms with E-state index in [1.165, 1.54) is 6.92 Å². The molecule has 0 amide bonds. The van der Waals surface area contributed by atoms with Crippen molar-refractivity contribution in [3.05, 3.63) is 22.4 Å². The summed E-state index contributed by atoms with van der Waals surface area (Å²) in [4.78, 5) is 3.53. The molecule has 5 heteroatoms. The Balaban J connectivity index is 5.46. The summed E-state index contributed by atoms with van der Waals surface area (Å²) in [6, 6.07) is 0. The van der Waals surface area contributed by atoms with Gasteiger partial charge in [0.15, 0.2) is 0 Å². The van der Waals surface area contributed by atoms with Gasteiger partial charge in [0.1, 0.15) is 0 Å². The molecule has 0 radical (unpaired) electrons. The fourth-order valence-electron chi connectivity index (χ4n) is 1.06. The van der Waals surface area contributed by atoms with Crippen LogP contribution in [0.3, 0.4) is 0 Å². The molecule has 0 atom stereocenters. The third-order valence-electron chi connectivity index (χ3n) is 1.77. The first kappa shape index (κ1) is 14.2. The van der Waals surface area contributed by atoms with Crippen LogP contribution < -0.4 is 0 Å². The van der Waals surface area contributed by atoms with Gasteiger partial charge in [0.25, 0.3) is 0 Å². The summed E-state index contributed by atoms with van der Waals surface area (Å²) in [5.74, 6) is -0.202. The van der Waals surface area contributed by atoms with E-state index < -0.39 is 11.7 Å². The predicted molar refractivity (Wildman–Crippen MR) is 57.1 cm³/mol. The Kier molecular flexibility index (Phi) is 5.08. The molecular formula is C10H13ClF3N. The van der Waals surface area contributed by atoms with Crippen LogP contribution in [0.5, 0.6) is 0 Å². The zero-order chi connectivity index (χ0) is 12.2. The van der Waals surface area contributed by atoms with E-state index in [4.69, 9.17) is 11.6 Å². The Labute approximate surface area is 92.3 Å². The highest BCUT2D eigenvalue weighted by molar-refractivity contribution is 6.32. The molecule has 0 saturated heterocycles. The minimum atomic E-state index is -4.46. The Hall–Kier alpha value is -0.770. The zero-order valence-corrected chi connectivity index (χ0v) is 9.58. The van der Waals surface area contributed by atoms with Crippen LogP contribution in [0.25, 0.3) is 0 Å². The maximum absolute atomic E-state index is 12.5. The number of hydrogen-bond acceptors (Lipinski definition) is 1. The van der Waals surface area contributed by atoms with Gasteiger partial charge in [-0.3, -0.25) is 4.99 Å². The summed E-state index contributed by atoms with van der Waals surface area (Å²) >= 11 is 5.65. The van der Waals surface area contributed by atoms with E-state index in [0.717, 1.165) is 6.08 Å². The molecule has 0 spiro atoms. The molecule has 0 rings (SSSR count). The molecule has 0 heterocycles. The molecule has 0 N–H and O–H groups in total. The highest BCUT2D eigenvalue weighted by Crippen LogP contribution is 2.36. The first-order valence-electron chi connectivity index (χ1n) is 4.36. The van der Waals surface area contributed by atoms with E-state index in [0.29, 0.717) is 0 Å². The fourth-order valence-corrected chi connectivity index (χ4v) is 1.55. The summed E-state index contributed by atoms with van der Waals surface area (Å²) in [6.07, 6.45) is -3.54. The van der Waals surface area contributed by atoms with Crippen LogP contribution in [0.1, 0.15) is 20.8 Å². The van der Waals surface area contributed by atoms with E-state index in [1.807, 2.05) is 0 Å². The molecule has 0 aromatic heterocycles. The van der Waals surface area contributed by atoms with E-state index in [1.54, 1.807) is 13.8 Å². The van der Waals surface area contributed by atoms with Crippen LogP contribution in [0.2, 0.25) is 0 Å². The van der Waals surface area contributed by atoms with Crippen molar-refractivity contribution >= 4 is 18.3 Å². The Morgan fingerprint density at radius 1 is 1.40 bits per heavy atom. The highest BCUT2D eigenvalue weighted by Gasteiger charge is 2.36. The van der Waals surface area contributed by atoms with Crippen LogP contribution in [0.15, 0.2) is 27.4 Å². The van der Waals surface area contributed by atoms with Crippen molar-refractivity contribution in [2.24, 2.45) is 10.9 Å². The molecule has 0 saturated carbocycles. The highest BCUT2D eigenvalue weighted by atomic mass is 35.5. The molecule has 0 aromatic carbocycles. The Morgan fingerprint density at radius 3 is 2.07 bits per heavy atom. The number of hydrogen-bond donors (Lipinski definition) is 0. The molecule has 0 aromatic rings. The van der Waals surface area contributed by atoms with E-state index in [9.17, 15) is 13.2 Å². The van der Waals surface area contributed by atoms with E-state index in [-0.39, 0.29) is 16.6 Å². The number of aliphatic imine (C=N–C) groups is 1. The molecule has 0 unspecified atom stereocenters. The van der Waals surface area contributed by atoms with Gasteiger partial charge in [-0.1, -0.05) is 31.5 Å². The fraction of sp³-hybridized carbons (Fsp3) is 0.500. The van der Waals surface area contributed by atoms with Crippen LogP contribution in [0, 0.1) is 5.92 Å². The lowest BCUT2D eigenvalue weighted by Crippen LogP contribution is -2.13. The quantitative estimate of drug-likeness (QED) is 0.514. The molecular weight excluding hydrogens is 227 g/mol. The second kappa shape index (κ2) is 5.35. The first-order chi connectivity index (χ1) is 6.75. The molecule has 0 aliphatic heterocycles. The number of halogens is 4. The Bertz CT molecular complexity index is 300. The number of nitrogens with zero attached hydrogens (tertiary/aromatic N) is 1. The number of rotatable bonds is 3. The lowest BCUT2D eigenvalue weighted by molar-refractivity contribution is -0.0888. The molecule has 0 bridgehead atoms. The van der Waals surface area contributed by atoms with Gasteiger partial charge >= 0.3 is 6.18 Å². The average molecular weight is 240 g/mol. The van der Waals surface area contributed by atoms with E-state index in [2.05, 4.69) is 11.7 Å². The van der Waals surface area contributed by atoms with Crippen LogP contribution in [-0.2, 0) is 0 Å². The molecule has 0 aliphatic carbocycles. The van der Waals surface area contributed by atoms with Gasteiger partial charge in [0.05, 0.1) is 16.3 Å². The molecule has 0 fully saturated rings. The van der Waals surface area contributed by atoms with E-state index >= 15 is 0 Å². The minimum Gasteiger partial charge on any atom is -0.267 e. The van der Waals surface area contributed by atoms with Crippen molar-refractivity contribution in [3.8, 4) is 0 Å². The molecule has 15 heavy (non-hydrogen) atoms. The van der Waals surface area contributed by atoms with Crippen LogP contribution in [0.4, 0.5) is 13.2 Å². The zero-order valence-electron chi connectivity index (χ0n) is 8.82. The lowest BCUT2D eigenvalue weighted by Gasteiger charge is -2.14. The van der Waals surface area contributed by atoms with Gasteiger partial charge < -0.3 is 0 Å². The summed E-state index contributed by atoms with van der Waals surface area (Å²) in [7, 11) is 0. The van der Waals surface area contributed by atoms with Crippen molar-refractivity contribution in [1.82, 2.24) is 0 Å². The standard InChI is InChI=1S/C10H13ClF3N/c1-5-7(10(12,13)14)8(11)9(15-4)6(2)3/h5-6H,4H2,1-3H3/b7-5+,9-8+. The van der Waals surface area contributed by atoms with Crippen molar-refractivity contribution in [2.75, 3.05) is 0 Å². The van der Waals surface area contributed by atoms with Crippen molar-refractivity contribution in [2.45, 2.75) is 26.9 Å². The summed E-state index contributed by atoms with van der Waals surface area (Å²) in [5.41, 5.74) is -0.720. The van der Waals surface area contributed by atoms with Gasteiger partial charge in [0.2, 0.25) is 0 Å². The van der Waals surface area contributed by atoms with Crippen LogP contribution in [-0.4, -0.2) is 12.9 Å². The second-order valence-corrected chi connectivity index (χ2v) is 3.59. The summed E-state index contributed by atoms with van der Waals surface area (Å²) in [5, 5.41) is -0.380. The number of allylic oxidation sites excluding steroid dienone is 4. The lowest BCUT2D eigenvalue weighted by atomic mass is 10.1. The predicted octanol–water partition coefficient (Wildman–Crippen LogP) is 4.30. The monoisotopic (exact) mass is 239 g/mol. The maximum Gasteiger partial charge on any atom is 0.417 e. The Morgan fingerprint density at radius 2 is 1.87 bits per heavy atom. The summed E-state index contributed by atoms with van der Waals surface area (Å²) in [6.45, 7) is 7.91. The van der Waals surface area contributed by atoms with Gasteiger partial charge in [-0.2, -0.15) is 13.2 Å². The maximum atomic E-state index is 12.5. The third-order valence-corrected chi connectivity index (χ3v) is 2.17. The van der Waals surface area contributed by atoms with Crippen molar-refractivity contribution < 1.29 is 13.2 Å². The van der Waals surface area contributed by atoms with Gasteiger partial charge in [-0.05, 0) is 19.6 Å². The van der Waals surface area contributed by atoms with Crippen molar-refractivity contribution in [1.29, 1.82) is 0 Å². The largest absolute Gasteiger partial charge is 0.417 e. The third kappa shape index (κ3) is 3.70. The topological polar surface area (TPSA) is 12.4 Å². The first-order valence-corrected chi connectivity index (χ1v) is 4.73. The number of alkyl halides is 3.